The quantitative estimate of drug-likeness (QED) is 0.776. The maximum atomic E-state index is 5.53. The Balaban J connectivity index is 1.71. The summed E-state index contributed by atoms with van der Waals surface area (Å²) in [4.78, 5) is 5.20. The normalized spacial score (nSPS) is 19.1. The summed E-state index contributed by atoms with van der Waals surface area (Å²) < 4.78 is 0. The molecule has 0 bridgehead atoms. The number of nitrogens with zero attached hydrogens (tertiary/aromatic N) is 2. The molecule has 20 heavy (non-hydrogen) atoms. The van der Waals surface area contributed by atoms with Crippen molar-refractivity contribution in [2.75, 3.05) is 39.3 Å². The van der Waals surface area contributed by atoms with Crippen molar-refractivity contribution in [3.05, 3.63) is 35.9 Å². The highest BCUT2D eigenvalue weighted by molar-refractivity contribution is 5.18. The molecule has 0 radical (unpaired) electrons. The predicted octanol–water partition coefficient (Wildman–Crippen LogP) is 2.49. The summed E-state index contributed by atoms with van der Waals surface area (Å²) in [5.74, 6) is 0. The van der Waals surface area contributed by atoms with Crippen LogP contribution in [0.25, 0.3) is 0 Å². The smallest absolute Gasteiger partial charge is 0.0320 e. The van der Waals surface area contributed by atoms with Crippen molar-refractivity contribution in [1.82, 2.24) is 9.80 Å². The van der Waals surface area contributed by atoms with E-state index in [-0.39, 0.29) is 0 Å². The van der Waals surface area contributed by atoms with Gasteiger partial charge in [-0.3, -0.25) is 4.90 Å². The summed E-state index contributed by atoms with van der Waals surface area (Å²) >= 11 is 0. The predicted molar refractivity (Wildman–Crippen MR) is 85.8 cm³/mol. The molecule has 1 atom stereocenters. The van der Waals surface area contributed by atoms with Crippen LogP contribution in [0.3, 0.4) is 0 Å². The molecule has 2 N–H and O–H groups in total. The molecule has 0 saturated carbocycles. The molecule has 3 nitrogen and oxygen atoms in total. The van der Waals surface area contributed by atoms with E-state index in [4.69, 9.17) is 5.73 Å². The summed E-state index contributed by atoms with van der Waals surface area (Å²) in [6.45, 7) is 9.20. The second-order valence-electron chi connectivity index (χ2n) is 5.81. The lowest BCUT2D eigenvalue weighted by atomic mass is 10.1. The molecule has 1 aliphatic rings. The van der Waals surface area contributed by atoms with Crippen molar-refractivity contribution in [3.63, 3.8) is 0 Å². The van der Waals surface area contributed by atoms with Gasteiger partial charge in [-0.25, -0.2) is 0 Å². The number of nitrogens with two attached hydrogens (primary N) is 1. The molecular weight excluding hydrogens is 246 g/mol. The number of rotatable bonds is 7. The summed E-state index contributed by atoms with van der Waals surface area (Å²) in [6, 6.07) is 11.4. The minimum atomic E-state index is 0.538. The fraction of sp³-hybridized carbons (Fsp3) is 0.647. The molecule has 1 saturated heterocycles. The first-order valence-electron chi connectivity index (χ1n) is 8.02. The molecule has 3 heteroatoms. The van der Waals surface area contributed by atoms with Crippen molar-refractivity contribution in [1.29, 1.82) is 0 Å². The van der Waals surface area contributed by atoms with Crippen LogP contribution in [0.2, 0.25) is 0 Å². The Hall–Kier alpha value is -0.900. The van der Waals surface area contributed by atoms with Gasteiger partial charge in [0.15, 0.2) is 0 Å². The third-order valence-corrected chi connectivity index (χ3v) is 4.42. The largest absolute Gasteiger partial charge is 0.330 e. The van der Waals surface area contributed by atoms with Crippen LogP contribution in [0.5, 0.6) is 0 Å². The van der Waals surface area contributed by atoms with Crippen LogP contribution in [-0.4, -0.2) is 49.1 Å². The second kappa shape index (κ2) is 8.40. The van der Waals surface area contributed by atoms with E-state index in [2.05, 4.69) is 47.1 Å². The zero-order valence-corrected chi connectivity index (χ0v) is 12.8. The molecular formula is C17H29N3. The van der Waals surface area contributed by atoms with Gasteiger partial charge in [0, 0.05) is 32.2 Å². The van der Waals surface area contributed by atoms with Crippen LogP contribution < -0.4 is 5.73 Å². The van der Waals surface area contributed by atoms with Gasteiger partial charge in [0.1, 0.15) is 0 Å². The van der Waals surface area contributed by atoms with Crippen molar-refractivity contribution in [2.24, 2.45) is 5.73 Å². The lowest BCUT2D eigenvalue weighted by Gasteiger charge is -2.38. The minimum absolute atomic E-state index is 0.538. The number of hydrogen-bond acceptors (Lipinski definition) is 3. The van der Waals surface area contributed by atoms with Gasteiger partial charge in [0.25, 0.3) is 0 Å². The molecule has 1 heterocycles. The van der Waals surface area contributed by atoms with Crippen molar-refractivity contribution in [3.8, 4) is 0 Å². The van der Waals surface area contributed by atoms with E-state index < -0.39 is 0 Å². The summed E-state index contributed by atoms with van der Waals surface area (Å²) in [5, 5.41) is 0. The van der Waals surface area contributed by atoms with E-state index in [0.717, 1.165) is 6.54 Å². The number of piperazine rings is 1. The van der Waals surface area contributed by atoms with Crippen molar-refractivity contribution < 1.29 is 0 Å². The lowest BCUT2D eigenvalue weighted by molar-refractivity contribution is 0.101. The van der Waals surface area contributed by atoms with Gasteiger partial charge in [-0.2, -0.15) is 0 Å². The van der Waals surface area contributed by atoms with Gasteiger partial charge in [-0.15, -0.1) is 0 Å². The molecule has 0 aromatic heterocycles. The lowest BCUT2D eigenvalue weighted by Crippen LogP contribution is -2.47. The van der Waals surface area contributed by atoms with Gasteiger partial charge in [0.2, 0.25) is 0 Å². The van der Waals surface area contributed by atoms with Gasteiger partial charge in [-0.05, 0) is 38.4 Å². The maximum Gasteiger partial charge on any atom is 0.0320 e. The first-order valence-corrected chi connectivity index (χ1v) is 8.02. The molecule has 1 aromatic carbocycles. The summed E-state index contributed by atoms with van der Waals surface area (Å²) in [7, 11) is 0. The fourth-order valence-electron chi connectivity index (χ4n) is 2.97. The first-order chi connectivity index (χ1) is 9.81. The zero-order valence-electron chi connectivity index (χ0n) is 12.8. The molecule has 0 amide bonds. The highest BCUT2D eigenvalue weighted by Gasteiger charge is 2.21. The van der Waals surface area contributed by atoms with E-state index >= 15 is 0 Å². The topological polar surface area (TPSA) is 32.5 Å². The van der Waals surface area contributed by atoms with Gasteiger partial charge in [0.05, 0.1) is 0 Å². The maximum absolute atomic E-state index is 5.53. The monoisotopic (exact) mass is 275 g/mol. The Labute approximate surface area is 123 Å². The number of hydrogen-bond donors (Lipinski definition) is 1. The molecule has 1 fully saturated rings. The summed E-state index contributed by atoms with van der Waals surface area (Å²) in [5.41, 5.74) is 6.97. The Morgan fingerprint density at radius 2 is 1.70 bits per heavy atom. The van der Waals surface area contributed by atoms with Gasteiger partial charge >= 0.3 is 0 Å². The van der Waals surface area contributed by atoms with Crippen LogP contribution >= 0.6 is 0 Å². The van der Waals surface area contributed by atoms with E-state index in [1.807, 2.05) is 0 Å². The van der Waals surface area contributed by atoms with Gasteiger partial charge in [-0.1, -0.05) is 36.8 Å². The zero-order chi connectivity index (χ0) is 14.2. The van der Waals surface area contributed by atoms with E-state index in [0.29, 0.717) is 6.04 Å². The Bertz CT molecular complexity index is 358. The van der Waals surface area contributed by atoms with Crippen LogP contribution in [0.4, 0.5) is 0 Å². The van der Waals surface area contributed by atoms with E-state index in [9.17, 15) is 0 Å². The van der Waals surface area contributed by atoms with Crippen LogP contribution in [0, 0.1) is 0 Å². The first kappa shape index (κ1) is 15.5. The Morgan fingerprint density at radius 3 is 2.35 bits per heavy atom. The Kier molecular flexibility index (Phi) is 6.51. The van der Waals surface area contributed by atoms with E-state index in [1.165, 1.54) is 57.5 Å². The second-order valence-corrected chi connectivity index (χ2v) is 5.81. The molecule has 112 valence electrons. The number of unbranched alkanes of at least 4 members (excludes halogenated alkanes) is 2. The molecule has 1 aromatic rings. The molecule has 1 unspecified atom stereocenters. The Morgan fingerprint density at radius 1 is 1.00 bits per heavy atom. The van der Waals surface area contributed by atoms with Crippen molar-refractivity contribution in [2.45, 2.75) is 32.2 Å². The highest BCUT2D eigenvalue weighted by atomic mass is 15.3. The minimum Gasteiger partial charge on any atom is -0.330 e. The summed E-state index contributed by atoms with van der Waals surface area (Å²) in [6.07, 6.45) is 3.74. The van der Waals surface area contributed by atoms with Gasteiger partial charge < -0.3 is 10.6 Å². The standard InChI is InChI=1S/C17H29N3/c1-16(17-8-4-2-5-9-17)20-14-12-19(13-15-20)11-7-3-6-10-18/h2,4-5,8-9,16H,3,6-7,10-15,18H2,1H3. The molecule has 2 rings (SSSR count). The van der Waals surface area contributed by atoms with Crippen LogP contribution in [-0.2, 0) is 0 Å². The van der Waals surface area contributed by atoms with Crippen LogP contribution in [0.1, 0.15) is 37.8 Å². The molecule has 1 aliphatic heterocycles. The SMILES string of the molecule is CC(c1ccccc1)N1CCN(CCCCCN)CC1. The fourth-order valence-corrected chi connectivity index (χ4v) is 2.97. The average Bonchev–Trinajstić information content (AvgIpc) is 2.52. The third kappa shape index (κ3) is 4.58. The number of benzene rings is 1. The molecule has 0 aliphatic carbocycles. The van der Waals surface area contributed by atoms with E-state index in [1.54, 1.807) is 0 Å². The average molecular weight is 275 g/mol. The van der Waals surface area contributed by atoms with Crippen LogP contribution in [0.15, 0.2) is 30.3 Å². The third-order valence-electron chi connectivity index (χ3n) is 4.42. The highest BCUT2D eigenvalue weighted by Crippen LogP contribution is 2.21. The molecule has 0 spiro atoms. The van der Waals surface area contributed by atoms with Crippen molar-refractivity contribution >= 4 is 0 Å².